The fraction of sp³-hybridized carbons (Fsp3) is 0.0833. The smallest absolute Gasteiger partial charge is 0.0703 e. The summed E-state index contributed by atoms with van der Waals surface area (Å²) in [7, 11) is 0. The van der Waals surface area contributed by atoms with Crippen LogP contribution >= 0.6 is 34.8 Å². The van der Waals surface area contributed by atoms with Crippen molar-refractivity contribution in [2.75, 3.05) is 0 Å². The molecule has 0 unspecified atom stereocenters. The topological polar surface area (TPSA) is 33.1 Å². The second kappa shape index (κ2) is 5.23. The van der Waals surface area contributed by atoms with Gasteiger partial charge in [-0.25, -0.2) is 0 Å². The maximum absolute atomic E-state index is 9.33. The Balaban J connectivity index is 2.68. The van der Waals surface area contributed by atoms with E-state index in [4.69, 9.17) is 34.8 Å². The van der Waals surface area contributed by atoms with E-state index in [9.17, 15) is 5.11 Å². The summed E-state index contributed by atoms with van der Waals surface area (Å²) in [6, 6.07) is 5.11. The molecule has 2 aromatic rings. The van der Waals surface area contributed by atoms with Crippen LogP contribution in [0.2, 0.25) is 15.1 Å². The quantitative estimate of drug-likeness (QED) is 0.898. The molecule has 0 radical (unpaired) electrons. The number of aliphatic hydroxyl groups is 1. The third-order valence-corrected chi connectivity index (χ3v) is 3.27. The molecule has 1 N–H and O–H groups in total. The number of pyridine rings is 1. The maximum atomic E-state index is 9.33. The average molecular weight is 289 g/mol. The van der Waals surface area contributed by atoms with Crippen molar-refractivity contribution in [2.45, 2.75) is 6.61 Å². The third-order valence-electron chi connectivity index (χ3n) is 2.38. The highest BCUT2D eigenvalue weighted by molar-refractivity contribution is 6.35. The third kappa shape index (κ3) is 2.55. The van der Waals surface area contributed by atoms with Crippen LogP contribution in [0.25, 0.3) is 11.1 Å². The molecule has 88 valence electrons. The van der Waals surface area contributed by atoms with Crippen molar-refractivity contribution in [3.63, 3.8) is 0 Å². The Bertz CT molecular complexity index is 557. The molecule has 0 spiro atoms. The van der Waals surface area contributed by atoms with E-state index in [-0.39, 0.29) is 6.61 Å². The molecule has 0 amide bonds. The minimum absolute atomic E-state index is 0.181. The van der Waals surface area contributed by atoms with Gasteiger partial charge < -0.3 is 5.11 Å². The van der Waals surface area contributed by atoms with Gasteiger partial charge >= 0.3 is 0 Å². The lowest BCUT2D eigenvalue weighted by Gasteiger charge is -2.10. The Morgan fingerprint density at radius 3 is 2.47 bits per heavy atom. The lowest BCUT2D eigenvalue weighted by Crippen LogP contribution is -1.93. The monoisotopic (exact) mass is 287 g/mol. The standard InChI is InChI=1S/C12H8Cl3NO/c13-7-1-2-11(14)8(3-7)9-4-16-5-12(15)10(9)6-17/h1-5,17H,6H2. The number of halogens is 3. The van der Waals surface area contributed by atoms with E-state index in [1.165, 1.54) is 6.20 Å². The van der Waals surface area contributed by atoms with Gasteiger partial charge in [0, 0.05) is 39.1 Å². The summed E-state index contributed by atoms with van der Waals surface area (Å²) < 4.78 is 0. The number of aliphatic hydroxyl groups excluding tert-OH is 1. The van der Waals surface area contributed by atoms with Crippen LogP contribution in [0.15, 0.2) is 30.6 Å². The lowest BCUT2D eigenvalue weighted by atomic mass is 10.0. The molecule has 5 heteroatoms. The summed E-state index contributed by atoms with van der Waals surface area (Å²) in [6.07, 6.45) is 3.09. The Labute approximate surface area is 114 Å². The van der Waals surface area contributed by atoms with Gasteiger partial charge in [-0.15, -0.1) is 0 Å². The number of aromatic nitrogens is 1. The molecule has 1 aromatic heterocycles. The predicted molar refractivity (Wildman–Crippen MR) is 70.6 cm³/mol. The van der Waals surface area contributed by atoms with Crippen LogP contribution in [0.3, 0.4) is 0 Å². The summed E-state index contributed by atoms with van der Waals surface area (Å²) in [4.78, 5) is 4.00. The first-order valence-electron chi connectivity index (χ1n) is 4.82. The van der Waals surface area contributed by atoms with E-state index in [0.29, 0.717) is 31.8 Å². The summed E-state index contributed by atoms with van der Waals surface area (Å²) in [6.45, 7) is -0.181. The number of nitrogens with zero attached hydrogens (tertiary/aromatic N) is 1. The molecular weight excluding hydrogens is 280 g/mol. The Kier molecular flexibility index (Phi) is 3.89. The van der Waals surface area contributed by atoms with Crippen LogP contribution in [-0.2, 0) is 6.61 Å². The molecular formula is C12H8Cl3NO. The van der Waals surface area contributed by atoms with Crippen LogP contribution in [-0.4, -0.2) is 10.1 Å². The first-order valence-corrected chi connectivity index (χ1v) is 5.95. The molecule has 0 saturated carbocycles. The first kappa shape index (κ1) is 12.7. The molecule has 0 aliphatic carbocycles. The molecule has 1 heterocycles. The fourth-order valence-electron chi connectivity index (χ4n) is 1.56. The number of rotatable bonds is 2. The largest absolute Gasteiger partial charge is 0.392 e. The molecule has 1 aromatic carbocycles. The van der Waals surface area contributed by atoms with Crippen molar-refractivity contribution >= 4 is 34.8 Å². The van der Waals surface area contributed by atoms with E-state index in [1.807, 2.05) is 0 Å². The summed E-state index contributed by atoms with van der Waals surface area (Å²) in [5.41, 5.74) is 1.98. The molecule has 17 heavy (non-hydrogen) atoms. The highest BCUT2D eigenvalue weighted by atomic mass is 35.5. The minimum Gasteiger partial charge on any atom is -0.392 e. The zero-order valence-corrected chi connectivity index (χ0v) is 10.9. The summed E-state index contributed by atoms with van der Waals surface area (Å²) >= 11 is 18.0. The van der Waals surface area contributed by atoms with Crippen LogP contribution in [0.4, 0.5) is 0 Å². The van der Waals surface area contributed by atoms with E-state index >= 15 is 0 Å². The molecule has 0 aliphatic heterocycles. The Hall–Kier alpha value is -0.800. The Morgan fingerprint density at radius 1 is 1.00 bits per heavy atom. The van der Waals surface area contributed by atoms with Crippen LogP contribution in [0.1, 0.15) is 5.56 Å². The van der Waals surface area contributed by atoms with Gasteiger partial charge in [-0.3, -0.25) is 4.98 Å². The molecule has 0 aliphatic rings. The molecule has 2 rings (SSSR count). The van der Waals surface area contributed by atoms with E-state index in [0.717, 1.165) is 0 Å². The molecule has 0 bridgehead atoms. The summed E-state index contributed by atoms with van der Waals surface area (Å²) in [5.74, 6) is 0. The molecule has 0 saturated heterocycles. The second-order valence-corrected chi connectivity index (χ2v) is 4.68. The van der Waals surface area contributed by atoms with E-state index in [2.05, 4.69) is 4.98 Å². The van der Waals surface area contributed by atoms with Crippen molar-refractivity contribution in [3.8, 4) is 11.1 Å². The molecule has 2 nitrogen and oxygen atoms in total. The highest BCUT2D eigenvalue weighted by Crippen LogP contribution is 2.34. The van der Waals surface area contributed by atoms with Crippen molar-refractivity contribution in [3.05, 3.63) is 51.2 Å². The fourth-order valence-corrected chi connectivity index (χ4v) is 2.17. The van der Waals surface area contributed by atoms with Crippen molar-refractivity contribution in [2.24, 2.45) is 0 Å². The highest BCUT2D eigenvalue weighted by Gasteiger charge is 2.12. The van der Waals surface area contributed by atoms with Gasteiger partial charge in [-0.2, -0.15) is 0 Å². The zero-order chi connectivity index (χ0) is 12.4. The van der Waals surface area contributed by atoms with Crippen LogP contribution < -0.4 is 0 Å². The normalized spacial score (nSPS) is 10.6. The predicted octanol–water partition coefficient (Wildman–Crippen LogP) is 4.20. The van der Waals surface area contributed by atoms with Gasteiger partial charge in [0.1, 0.15) is 0 Å². The van der Waals surface area contributed by atoms with Gasteiger partial charge in [0.05, 0.1) is 11.6 Å². The van der Waals surface area contributed by atoms with E-state index in [1.54, 1.807) is 24.4 Å². The SMILES string of the molecule is OCc1c(Cl)cncc1-c1cc(Cl)ccc1Cl. The molecule has 0 atom stereocenters. The average Bonchev–Trinajstić information content (AvgIpc) is 2.32. The molecule has 0 fully saturated rings. The van der Waals surface area contributed by atoms with Crippen LogP contribution in [0, 0.1) is 0 Å². The Morgan fingerprint density at radius 2 is 1.76 bits per heavy atom. The lowest BCUT2D eigenvalue weighted by molar-refractivity contribution is 0.282. The maximum Gasteiger partial charge on any atom is 0.0703 e. The van der Waals surface area contributed by atoms with Crippen molar-refractivity contribution in [1.82, 2.24) is 4.98 Å². The van der Waals surface area contributed by atoms with E-state index < -0.39 is 0 Å². The van der Waals surface area contributed by atoms with Gasteiger partial charge in [0.2, 0.25) is 0 Å². The van der Waals surface area contributed by atoms with Crippen LogP contribution in [0.5, 0.6) is 0 Å². The van der Waals surface area contributed by atoms with Gasteiger partial charge in [0.25, 0.3) is 0 Å². The van der Waals surface area contributed by atoms with Crippen molar-refractivity contribution in [1.29, 1.82) is 0 Å². The number of hydrogen-bond donors (Lipinski definition) is 1. The second-order valence-electron chi connectivity index (χ2n) is 3.43. The first-order chi connectivity index (χ1) is 8.13. The van der Waals surface area contributed by atoms with Crippen molar-refractivity contribution < 1.29 is 5.11 Å². The number of benzene rings is 1. The van der Waals surface area contributed by atoms with Gasteiger partial charge in [-0.05, 0) is 18.2 Å². The van der Waals surface area contributed by atoms with Gasteiger partial charge in [-0.1, -0.05) is 34.8 Å². The summed E-state index contributed by atoms with van der Waals surface area (Å²) in [5, 5.41) is 10.8. The minimum atomic E-state index is -0.181. The zero-order valence-electron chi connectivity index (χ0n) is 8.62. The number of hydrogen-bond acceptors (Lipinski definition) is 2. The van der Waals surface area contributed by atoms with Gasteiger partial charge in [0.15, 0.2) is 0 Å².